The van der Waals surface area contributed by atoms with E-state index in [-0.39, 0.29) is 11.3 Å². The van der Waals surface area contributed by atoms with Crippen LogP contribution < -0.4 is 4.90 Å². The highest BCUT2D eigenvalue weighted by Gasteiger charge is 2.59. The monoisotopic (exact) mass is 357 g/mol. The molecule has 4 fully saturated rings. The maximum Gasteiger partial charge on any atom is 0.226 e. The van der Waals surface area contributed by atoms with Crippen LogP contribution in [-0.2, 0) is 14.3 Å². The summed E-state index contributed by atoms with van der Waals surface area (Å²) in [4.78, 5) is 22.0. The molecule has 0 aromatic carbocycles. The maximum atomic E-state index is 13.0. The Morgan fingerprint density at radius 1 is 1.15 bits per heavy atom. The number of piperidine rings is 1. The standard InChI is InChI=1S/C20H27N3O3/c24-19(18-15-10-26-11-16(15)18)23-7-3-5-20(13-23)12-22(8-9-25-14-20)17-4-1-2-6-21-17/h1-2,4,6,15-16,18H,3,5,7-14H2/t15-,16+,18?,20?. The van der Waals surface area contributed by atoms with Crippen molar-refractivity contribution >= 4 is 11.7 Å². The number of hydrogen-bond donors (Lipinski definition) is 0. The zero-order chi connectivity index (χ0) is 17.6. The number of pyridine rings is 1. The minimum Gasteiger partial charge on any atom is -0.381 e. The number of ether oxygens (including phenoxy) is 2. The van der Waals surface area contributed by atoms with Crippen LogP contribution in [0.25, 0.3) is 0 Å². The Balaban J connectivity index is 1.31. The molecule has 4 atom stereocenters. The Hall–Kier alpha value is -1.66. The summed E-state index contributed by atoms with van der Waals surface area (Å²) in [7, 11) is 0. The van der Waals surface area contributed by atoms with Crippen molar-refractivity contribution in [2.45, 2.75) is 12.8 Å². The molecule has 140 valence electrons. The van der Waals surface area contributed by atoms with Crippen LogP contribution in [0.1, 0.15) is 12.8 Å². The Labute approximate surface area is 154 Å². The van der Waals surface area contributed by atoms with Gasteiger partial charge in [-0.1, -0.05) is 6.07 Å². The average Bonchev–Trinajstić information content (AvgIpc) is 3.24. The molecule has 5 rings (SSSR count). The lowest BCUT2D eigenvalue weighted by Crippen LogP contribution is -2.53. The van der Waals surface area contributed by atoms with Gasteiger partial charge in [0.2, 0.25) is 5.91 Å². The number of nitrogens with zero attached hydrogens (tertiary/aromatic N) is 3. The molecule has 4 aliphatic rings. The Morgan fingerprint density at radius 3 is 2.85 bits per heavy atom. The molecule has 1 aromatic heterocycles. The van der Waals surface area contributed by atoms with Gasteiger partial charge >= 0.3 is 0 Å². The van der Waals surface area contributed by atoms with Crippen molar-refractivity contribution in [1.29, 1.82) is 0 Å². The van der Waals surface area contributed by atoms with Gasteiger partial charge < -0.3 is 19.3 Å². The lowest BCUT2D eigenvalue weighted by Gasteiger charge is -2.44. The van der Waals surface area contributed by atoms with E-state index in [0.717, 1.165) is 71.3 Å². The molecule has 1 aliphatic carbocycles. The molecule has 2 unspecified atom stereocenters. The number of fused-ring (bicyclic) bond motifs is 1. The van der Waals surface area contributed by atoms with Crippen molar-refractivity contribution in [2.75, 3.05) is 57.5 Å². The predicted octanol–water partition coefficient (Wildman–Crippen LogP) is 1.42. The van der Waals surface area contributed by atoms with Gasteiger partial charge in [-0.05, 0) is 36.8 Å². The van der Waals surface area contributed by atoms with Gasteiger partial charge in [0.05, 0.1) is 26.4 Å². The molecule has 3 saturated heterocycles. The zero-order valence-corrected chi connectivity index (χ0v) is 15.2. The van der Waals surface area contributed by atoms with Crippen LogP contribution in [0.3, 0.4) is 0 Å². The smallest absolute Gasteiger partial charge is 0.226 e. The molecule has 1 aromatic rings. The van der Waals surface area contributed by atoms with Crippen LogP contribution in [0.2, 0.25) is 0 Å². The summed E-state index contributed by atoms with van der Waals surface area (Å²) in [6, 6.07) is 6.05. The fraction of sp³-hybridized carbons (Fsp3) is 0.700. The highest BCUT2D eigenvalue weighted by molar-refractivity contribution is 5.82. The van der Waals surface area contributed by atoms with E-state index < -0.39 is 0 Å². The second-order valence-electron chi connectivity index (χ2n) is 8.42. The first-order valence-electron chi connectivity index (χ1n) is 9.86. The number of likely N-dealkylation sites (tertiary alicyclic amines) is 1. The summed E-state index contributed by atoms with van der Waals surface area (Å²) in [5.41, 5.74) is 0.0163. The van der Waals surface area contributed by atoms with Crippen molar-refractivity contribution < 1.29 is 14.3 Å². The third kappa shape index (κ3) is 2.89. The Morgan fingerprint density at radius 2 is 2.04 bits per heavy atom. The van der Waals surface area contributed by atoms with Crippen molar-refractivity contribution in [3.63, 3.8) is 0 Å². The van der Waals surface area contributed by atoms with E-state index in [0.29, 0.717) is 17.7 Å². The molecule has 1 spiro atoms. The van der Waals surface area contributed by atoms with Crippen LogP contribution >= 0.6 is 0 Å². The van der Waals surface area contributed by atoms with Gasteiger partial charge in [-0.15, -0.1) is 0 Å². The van der Waals surface area contributed by atoms with Gasteiger partial charge in [0, 0.05) is 43.7 Å². The fourth-order valence-corrected chi connectivity index (χ4v) is 5.19. The van der Waals surface area contributed by atoms with Gasteiger partial charge in [-0.3, -0.25) is 4.79 Å². The van der Waals surface area contributed by atoms with Crippen LogP contribution in [0.15, 0.2) is 24.4 Å². The number of hydrogen-bond acceptors (Lipinski definition) is 5. The summed E-state index contributed by atoms with van der Waals surface area (Å²) < 4.78 is 11.5. The van der Waals surface area contributed by atoms with E-state index in [1.54, 1.807) is 0 Å². The minimum atomic E-state index is 0.0163. The normalized spacial score (nSPS) is 36.7. The van der Waals surface area contributed by atoms with Gasteiger partial charge in [0.25, 0.3) is 0 Å². The molecule has 4 heterocycles. The lowest BCUT2D eigenvalue weighted by atomic mass is 9.80. The maximum absolute atomic E-state index is 13.0. The largest absolute Gasteiger partial charge is 0.381 e. The third-order valence-electron chi connectivity index (χ3n) is 6.62. The topological polar surface area (TPSA) is 54.9 Å². The summed E-state index contributed by atoms with van der Waals surface area (Å²) >= 11 is 0. The van der Waals surface area contributed by atoms with Crippen LogP contribution in [0, 0.1) is 23.2 Å². The summed E-state index contributed by atoms with van der Waals surface area (Å²) in [5, 5.41) is 0. The van der Waals surface area contributed by atoms with Crippen LogP contribution in [-0.4, -0.2) is 68.4 Å². The number of amides is 1. The van der Waals surface area contributed by atoms with E-state index in [9.17, 15) is 4.79 Å². The van der Waals surface area contributed by atoms with Crippen LogP contribution in [0.4, 0.5) is 5.82 Å². The molecule has 0 radical (unpaired) electrons. The van der Waals surface area contributed by atoms with E-state index >= 15 is 0 Å². The number of anilines is 1. The number of carbonyl (C=O) groups excluding carboxylic acids is 1. The van der Waals surface area contributed by atoms with Gasteiger partial charge in [-0.2, -0.15) is 0 Å². The first kappa shape index (κ1) is 16.5. The Kier molecular flexibility index (Phi) is 4.13. The second-order valence-corrected chi connectivity index (χ2v) is 8.42. The molecular weight excluding hydrogens is 330 g/mol. The number of carbonyl (C=O) groups is 1. The average molecular weight is 357 g/mol. The molecule has 0 bridgehead atoms. The van der Waals surface area contributed by atoms with Crippen molar-refractivity contribution in [2.24, 2.45) is 23.2 Å². The van der Waals surface area contributed by atoms with Gasteiger partial charge in [-0.25, -0.2) is 4.98 Å². The summed E-state index contributed by atoms with van der Waals surface area (Å²) in [5.74, 6) is 2.55. The number of rotatable bonds is 2. The van der Waals surface area contributed by atoms with Gasteiger partial charge in [0.15, 0.2) is 0 Å². The minimum absolute atomic E-state index is 0.0163. The molecule has 6 nitrogen and oxygen atoms in total. The van der Waals surface area contributed by atoms with E-state index in [4.69, 9.17) is 9.47 Å². The second kappa shape index (κ2) is 6.50. The highest BCUT2D eigenvalue weighted by atomic mass is 16.5. The van der Waals surface area contributed by atoms with Crippen molar-refractivity contribution in [3.8, 4) is 0 Å². The van der Waals surface area contributed by atoms with Crippen molar-refractivity contribution in [1.82, 2.24) is 9.88 Å². The van der Waals surface area contributed by atoms with Crippen LogP contribution in [0.5, 0.6) is 0 Å². The zero-order valence-electron chi connectivity index (χ0n) is 15.2. The highest BCUT2D eigenvalue weighted by Crippen LogP contribution is 2.52. The van der Waals surface area contributed by atoms with Gasteiger partial charge in [0.1, 0.15) is 5.82 Å². The first-order valence-corrected chi connectivity index (χ1v) is 9.86. The SMILES string of the molecule is O=C(C1[C@H]2COC[C@@H]12)N1CCCC2(COCCN(c3ccccn3)C2)C1. The molecule has 26 heavy (non-hydrogen) atoms. The lowest BCUT2D eigenvalue weighted by molar-refractivity contribution is -0.138. The van der Waals surface area contributed by atoms with E-state index in [1.165, 1.54) is 0 Å². The molecule has 1 amide bonds. The summed E-state index contributed by atoms with van der Waals surface area (Å²) in [6.45, 7) is 6.47. The number of aromatic nitrogens is 1. The summed E-state index contributed by atoms with van der Waals surface area (Å²) in [6.07, 6.45) is 4.02. The predicted molar refractivity (Wildman–Crippen MR) is 96.8 cm³/mol. The quantitative estimate of drug-likeness (QED) is 0.801. The molecule has 6 heteroatoms. The molecule has 3 aliphatic heterocycles. The third-order valence-corrected chi connectivity index (χ3v) is 6.62. The first-order chi connectivity index (χ1) is 12.8. The molecule has 0 N–H and O–H groups in total. The van der Waals surface area contributed by atoms with Crippen molar-refractivity contribution in [3.05, 3.63) is 24.4 Å². The molecule has 1 saturated carbocycles. The van der Waals surface area contributed by atoms with E-state index in [2.05, 4.69) is 20.9 Å². The van der Waals surface area contributed by atoms with E-state index in [1.807, 2.05) is 18.3 Å². The fourth-order valence-electron chi connectivity index (χ4n) is 5.19. The molecular formula is C20H27N3O3. The Bertz CT molecular complexity index is 660.